The van der Waals surface area contributed by atoms with Crippen molar-refractivity contribution in [2.45, 2.75) is 25.8 Å². The Morgan fingerprint density at radius 3 is 3.12 bits per heavy atom. The zero-order chi connectivity index (χ0) is 12.1. The second-order valence-corrected chi connectivity index (χ2v) is 6.00. The molecule has 0 radical (unpaired) electrons. The zero-order valence-electron chi connectivity index (χ0n) is 9.73. The van der Waals surface area contributed by atoms with Crippen LogP contribution in [0.1, 0.15) is 29.6 Å². The molecule has 1 saturated heterocycles. The van der Waals surface area contributed by atoms with E-state index in [4.69, 9.17) is 0 Å². The normalized spacial score (nSPS) is 19.2. The highest BCUT2D eigenvalue weighted by Gasteiger charge is 2.20. The number of aromatic nitrogens is 2. The Labute approximate surface area is 109 Å². The number of hydrogen-bond donors (Lipinski definition) is 2. The molecule has 1 atom stereocenters. The summed E-state index contributed by atoms with van der Waals surface area (Å²) in [7, 11) is 0. The highest BCUT2D eigenvalue weighted by molar-refractivity contribution is 7.99. The van der Waals surface area contributed by atoms with Crippen molar-refractivity contribution in [3.05, 3.63) is 5.01 Å². The Balaban J connectivity index is 1.87. The maximum atomic E-state index is 11.8. The van der Waals surface area contributed by atoms with Gasteiger partial charge in [0, 0.05) is 18.3 Å². The first-order chi connectivity index (χ1) is 8.29. The molecule has 1 aliphatic rings. The number of anilines is 1. The lowest BCUT2D eigenvalue weighted by molar-refractivity contribution is 0.0940. The van der Waals surface area contributed by atoms with Crippen LogP contribution in [0.4, 0.5) is 5.13 Å². The first-order valence-corrected chi connectivity index (χ1v) is 7.72. The minimum Gasteiger partial charge on any atom is -0.360 e. The number of carbonyl (C=O) groups excluding carboxylic acids is 1. The molecule has 1 unspecified atom stereocenters. The lowest BCUT2D eigenvalue weighted by Gasteiger charge is -2.08. The largest absolute Gasteiger partial charge is 0.360 e. The SMILES string of the molecule is CCCNc1nnc(C(=O)NC2CCSC2)s1. The first-order valence-electron chi connectivity index (χ1n) is 5.75. The van der Waals surface area contributed by atoms with Crippen molar-refractivity contribution in [2.75, 3.05) is 23.4 Å². The maximum Gasteiger partial charge on any atom is 0.282 e. The molecule has 5 nitrogen and oxygen atoms in total. The molecular formula is C10H16N4OS2. The van der Waals surface area contributed by atoms with Gasteiger partial charge in [-0.05, 0) is 18.6 Å². The van der Waals surface area contributed by atoms with Crippen molar-refractivity contribution in [1.29, 1.82) is 0 Å². The minimum atomic E-state index is -0.0976. The van der Waals surface area contributed by atoms with Gasteiger partial charge >= 0.3 is 0 Å². The van der Waals surface area contributed by atoms with Crippen LogP contribution in [-0.4, -0.2) is 40.2 Å². The van der Waals surface area contributed by atoms with Crippen LogP contribution in [0.2, 0.25) is 0 Å². The van der Waals surface area contributed by atoms with Gasteiger partial charge in [-0.2, -0.15) is 11.8 Å². The number of carbonyl (C=O) groups is 1. The molecule has 2 heterocycles. The van der Waals surface area contributed by atoms with Gasteiger partial charge in [0.2, 0.25) is 10.1 Å². The Hall–Kier alpha value is -0.820. The van der Waals surface area contributed by atoms with Crippen molar-refractivity contribution in [3.63, 3.8) is 0 Å². The van der Waals surface area contributed by atoms with Gasteiger partial charge in [-0.1, -0.05) is 18.3 Å². The third-order valence-corrected chi connectivity index (χ3v) is 4.45. The van der Waals surface area contributed by atoms with E-state index in [0.717, 1.165) is 36.0 Å². The summed E-state index contributed by atoms with van der Waals surface area (Å²) in [5.41, 5.74) is 0. The Morgan fingerprint density at radius 1 is 1.53 bits per heavy atom. The molecule has 7 heteroatoms. The van der Waals surface area contributed by atoms with E-state index in [1.807, 2.05) is 11.8 Å². The summed E-state index contributed by atoms with van der Waals surface area (Å²) in [5.74, 6) is 2.04. The van der Waals surface area contributed by atoms with Crippen molar-refractivity contribution in [3.8, 4) is 0 Å². The third-order valence-electron chi connectivity index (χ3n) is 2.41. The summed E-state index contributed by atoms with van der Waals surface area (Å²) in [5, 5.41) is 15.1. The number of rotatable bonds is 5. The predicted octanol–water partition coefficient (Wildman–Crippen LogP) is 1.60. The molecule has 1 amide bonds. The van der Waals surface area contributed by atoms with E-state index < -0.39 is 0 Å². The van der Waals surface area contributed by atoms with Crippen LogP contribution in [-0.2, 0) is 0 Å². The molecule has 94 valence electrons. The number of nitrogens with one attached hydrogen (secondary N) is 2. The molecule has 0 spiro atoms. The highest BCUT2D eigenvalue weighted by Crippen LogP contribution is 2.19. The summed E-state index contributed by atoms with van der Waals surface area (Å²) in [6, 6.07) is 0.295. The van der Waals surface area contributed by atoms with E-state index in [-0.39, 0.29) is 5.91 Å². The maximum absolute atomic E-state index is 11.8. The van der Waals surface area contributed by atoms with Crippen LogP contribution in [0.25, 0.3) is 0 Å². The van der Waals surface area contributed by atoms with Gasteiger partial charge in [0.15, 0.2) is 0 Å². The molecule has 1 aromatic rings. The van der Waals surface area contributed by atoms with Gasteiger partial charge in [0.1, 0.15) is 0 Å². The Kier molecular flexibility index (Phi) is 4.61. The zero-order valence-corrected chi connectivity index (χ0v) is 11.4. The van der Waals surface area contributed by atoms with Crippen molar-refractivity contribution >= 4 is 34.1 Å². The molecule has 17 heavy (non-hydrogen) atoms. The van der Waals surface area contributed by atoms with Gasteiger partial charge in [0.05, 0.1) is 0 Å². The summed E-state index contributed by atoms with van der Waals surface area (Å²) in [6.07, 6.45) is 2.08. The smallest absolute Gasteiger partial charge is 0.282 e. The molecule has 2 rings (SSSR count). The minimum absolute atomic E-state index is 0.0976. The second-order valence-electron chi connectivity index (χ2n) is 3.87. The molecule has 0 saturated carbocycles. The lowest BCUT2D eigenvalue weighted by Crippen LogP contribution is -2.34. The second kappa shape index (κ2) is 6.20. The standard InChI is InChI=1S/C10H16N4OS2/c1-2-4-11-10-14-13-9(17-10)8(15)12-7-3-5-16-6-7/h7H,2-6H2,1H3,(H,11,14)(H,12,15). The van der Waals surface area contributed by atoms with Gasteiger partial charge in [0.25, 0.3) is 5.91 Å². The number of nitrogens with zero attached hydrogens (tertiary/aromatic N) is 2. The van der Waals surface area contributed by atoms with E-state index in [1.54, 1.807) is 0 Å². The van der Waals surface area contributed by atoms with Gasteiger partial charge < -0.3 is 10.6 Å². The Bertz CT molecular complexity index is 376. The van der Waals surface area contributed by atoms with Crippen molar-refractivity contribution in [2.24, 2.45) is 0 Å². The molecular weight excluding hydrogens is 256 g/mol. The van der Waals surface area contributed by atoms with E-state index in [0.29, 0.717) is 11.0 Å². The van der Waals surface area contributed by atoms with Gasteiger partial charge in [-0.25, -0.2) is 0 Å². The molecule has 1 aliphatic heterocycles. The average molecular weight is 272 g/mol. The fourth-order valence-corrected chi connectivity index (χ4v) is 3.34. The van der Waals surface area contributed by atoms with E-state index in [2.05, 4.69) is 27.8 Å². The molecule has 0 aliphatic carbocycles. The molecule has 2 N–H and O–H groups in total. The van der Waals surface area contributed by atoms with Gasteiger partial charge in [-0.15, -0.1) is 10.2 Å². The molecule has 1 fully saturated rings. The highest BCUT2D eigenvalue weighted by atomic mass is 32.2. The van der Waals surface area contributed by atoms with Crippen LogP contribution in [0.3, 0.4) is 0 Å². The summed E-state index contributed by atoms with van der Waals surface area (Å²) in [6.45, 7) is 2.94. The monoisotopic (exact) mass is 272 g/mol. The summed E-state index contributed by atoms with van der Waals surface area (Å²) >= 11 is 3.19. The summed E-state index contributed by atoms with van der Waals surface area (Å²) in [4.78, 5) is 11.8. The predicted molar refractivity (Wildman–Crippen MR) is 71.9 cm³/mol. The van der Waals surface area contributed by atoms with E-state index in [9.17, 15) is 4.79 Å². The number of thioether (sulfide) groups is 1. The van der Waals surface area contributed by atoms with Crippen molar-refractivity contribution < 1.29 is 4.79 Å². The van der Waals surface area contributed by atoms with E-state index >= 15 is 0 Å². The molecule has 0 aromatic carbocycles. The number of amides is 1. The van der Waals surface area contributed by atoms with Crippen molar-refractivity contribution in [1.82, 2.24) is 15.5 Å². The number of hydrogen-bond acceptors (Lipinski definition) is 6. The first kappa shape index (κ1) is 12.6. The summed E-state index contributed by atoms with van der Waals surface area (Å²) < 4.78 is 0. The Morgan fingerprint density at radius 2 is 2.41 bits per heavy atom. The van der Waals surface area contributed by atoms with E-state index in [1.165, 1.54) is 11.3 Å². The van der Waals surface area contributed by atoms with Gasteiger partial charge in [-0.3, -0.25) is 4.79 Å². The third kappa shape index (κ3) is 3.57. The molecule has 1 aromatic heterocycles. The average Bonchev–Trinajstić information content (AvgIpc) is 2.96. The van der Waals surface area contributed by atoms with Crippen LogP contribution < -0.4 is 10.6 Å². The van der Waals surface area contributed by atoms with Crippen LogP contribution in [0, 0.1) is 0 Å². The quantitative estimate of drug-likeness (QED) is 0.852. The molecule has 0 bridgehead atoms. The van der Waals surface area contributed by atoms with Crippen LogP contribution >= 0.6 is 23.1 Å². The lowest BCUT2D eigenvalue weighted by atomic mass is 10.2. The fourth-order valence-electron chi connectivity index (χ4n) is 1.51. The van der Waals surface area contributed by atoms with Crippen LogP contribution in [0.5, 0.6) is 0 Å². The fraction of sp³-hybridized carbons (Fsp3) is 0.700. The topological polar surface area (TPSA) is 66.9 Å². The van der Waals surface area contributed by atoms with Crippen LogP contribution in [0.15, 0.2) is 0 Å².